The van der Waals surface area contributed by atoms with E-state index in [0.717, 1.165) is 25.9 Å². The molecule has 2 rings (SSSR count). The van der Waals surface area contributed by atoms with E-state index in [1.165, 1.54) is 12.1 Å². The Bertz CT molecular complexity index is 414. The van der Waals surface area contributed by atoms with Crippen LogP contribution in [-0.2, 0) is 0 Å². The van der Waals surface area contributed by atoms with Gasteiger partial charge in [0.05, 0.1) is 5.69 Å². The molecule has 1 aliphatic rings. The smallest absolute Gasteiger partial charge is 0.165 e. The highest BCUT2D eigenvalue weighted by Crippen LogP contribution is 2.22. The molecule has 0 unspecified atom stereocenters. The van der Waals surface area contributed by atoms with Crippen molar-refractivity contribution in [1.82, 2.24) is 5.32 Å². The van der Waals surface area contributed by atoms with Gasteiger partial charge in [-0.3, -0.25) is 4.79 Å². The summed E-state index contributed by atoms with van der Waals surface area (Å²) in [5.41, 5.74) is 5.88. The van der Waals surface area contributed by atoms with E-state index in [0.29, 0.717) is 17.9 Å². The molecule has 0 amide bonds. The minimum absolute atomic E-state index is 0.0218. The lowest BCUT2D eigenvalue weighted by Gasteiger charge is -2.22. The first-order valence-corrected chi connectivity index (χ1v) is 5.96. The SMILES string of the molecule is Nc1c(F)cccc1C(=O)CC1CCNCC1. The zero-order valence-electron chi connectivity index (χ0n) is 9.71. The standard InChI is InChI=1S/C13H17FN2O/c14-11-3-1-2-10(13(11)15)12(17)8-9-4-6-16-7-5-9/h1-3,9,16H,4-8,15H2. The van der Waals surface area contributed by atoms with Crippen molar-refractivity contribution in [3.8, 4) is 0 Å². The van der Waals surface area contributed by atoms with Crippen molar-refractivity contribution >= 4 is 11.5 Å². The number of Topliss-reactive ketones (excluding diaryl/α,β-unsaturated/α-hetero) is 1. The summed E-state index contributed by atoms with van der Waals surface area (Å²) in [4.78, 5) is 12.0. The maximum Gasteiger partial charge on any atom is 0.165 e. The summed E-state index contributed by atoms with van der Waals surface area (Å²) in [6, 6.07) is 4.40. The van der Waals surface area contributed by atoms with Crippen LogP contribution >= 0.6 is 0 Å². The molecule has 1 aliphatic heterocycles. The minimum Gasteiger partial charge on any atom is -0.396 e. The van der Waals surface area contributed by atoms with Gasteiger partial charge < -0.3 is 11.1 Å². The Hall–Kier alpha value is -1.42. The van der Waals surface area contributed by atoms with Crippen LogP contribution in [0.3, 0.4) is 0 Å². The number of anilines is 1. The van der Waals surface area contributed by atoms with Crippen molar-refractivity contribution < 1.29 is 9.18 Å². The molecule has 0 saturated carbocycles. The molecule has 0 atom stereocenters. The highest BCUT2D eigenvalue weighted by Gasteiger charge is 2.19. The molecule has 3 N–H and O–H groups in total. The van der Waals surface area contributed by atoms with E-state index in [4.69, 9.17) is 5.73 Å². The number of benzene rings is 1. The van der Waals surface area contributed by atoms with Crippen LogP contribution in [0.15, 0.2) is 18.2 Å². The molecule has 0 bridgehead atoms. The van der Waals surface area contributed by atoms with Gasteiger partial charge in [0, 0.05) is 12.0 Å². The van der Waals surface area contributed by atoms with E-state index < -0.39 is 5.82 Å². The second-order valence-corrected chi connectivity index (χ2v) is 4.52. The van der Waals surface area contributed by atoms with Crippen LogP contribution in [0.2, 0.25) is 0 Å². The molecule has 4 heteroatoms. The van der Waals surface area contributed by atoms with Gasteiger partial charge in [0.15, 0.2) is 5.78 Å². The largest absolute Gasteiger partial charge is 0.396 e. The Labute approximate surface area is 100 Å². The summed E-state index contributed by atoms with van der Waals surface area (Å²) in [6.07, 6.45) is 2.47. The van der Waals surface area contributed by atoms with Crippen LogP contribution in [-0.4, -0.2) is 18.9 Å². The lowest BCUT2D eigenvalue weighted by atomic mass is 9.90. The number of carbonyl (C=O) groups excluding carboxylic acids is 1. The number of piperidine rings is 1. The molecule has 0 aromatic heterocycles. The average Bonchev–Trinajstić information content (AvgIpc) is 2.34. The fourth-order valence-corrected chi connectivity index (χ4v) is 2.24. The van der Waals surface area contributed by atoms with Crippen molar-refractivity contribution in [3.63, 3.8) is 0 Å². The number of nitrogens with two attached hydrogens (primary N) is 1. The quantitative estimate of drug-likeness (QED) is 0.623. The zero-order chi connectivity index (χ0) is 12.3. The first-order chi connectivity index (χ1) is 8.18. The molecule has 1 aromatic carbocycles. The summed E-state index contributed by atoms with van der Waals surface area (Å²) >= 11 is 0. The highest BCUT2D eigenvalue weighted by atomic mass is 19.1. The van der Waals surface area contributed by atoms with Gasteiger partial charge >= 0.3 is 0 Å². The number of hydrogen-bond donors (Lipinski definition) is 2. The molecule has 17 heavy (non-hydrogen) atoms. The maximum atomic E-state index is 13.2. The summed E-state index contributed by atoms with van der Waals surface area (Å²) < 4.78 is 13.2. The van der Waals surface area contributed by atoms with Crippen molar-refractivity contribution in [3.05, 3.63) is 29.6 Å². The van der Waals surface area contributed by atoms with E-state index >= 15 is 0 Å². The molecular weight excluding hydrogens is 219 g/mol. The first-order valence-electron chi connectivity index (χ1n) is 5.96. The molecule has 0 radical (unpaired) electrons. The van der Waals surface area contributed by atoms with Gasteiger partial charge in [0.1, 0.15) is 5.82 Å². The predicted octanol–water partition coefficient (Wildman–Crippen LogP) is 1.98. The van der Waals surface area contributed by atoms with E-state index in [1.807, 2.05) is 0 Å². The normalized spacial score (nSPS) is 17.0. The average molecular weight is 236 g/mol. The number of hydrogen-bond acceptors (Lipinski definition) is 3. The van der Waals surface area contributed by atoms with E-state index in [2.05, 4.69) is 5.32 Å². The number of rotatable bonds is 3. The topological polar surface area (TPSA) is 55.1 Å². The molecule has 3 nitrogen and oxygen atoms in total. The third-order valence-corrected chi connectivity index (χ3v) is 3.29. The summed E-state index contributed by atoms with van der Waals surface area (Å²) in [6.45, 7) is 1.91. The number of halogens is 1. The van der Waals surface area contributed by atoms with Crippen molar-refractivity contribution in [2.24, 2.45) is 5.92 Å². The lowest BCUT2D eigenvalue weighted by Crippen LogP contribution is -2.29. The zero-order valence-corrected chi connectivity index (χ0v) is 9.71. The third kappa shape index (κ3) is 2.82. The molecule has 0 aliphatic carbocycles. The van der Waals surface area contributed by atoms with Crippen LogP contribution in [0.5, 0.6) is 0 Å². The third-order valence-electron chi connectivity index (χ3n) is 3.29. The number of para-hydroxylation sites is 1. The van der Waals surface area contributed by atoms with Gasteiger partial charge in [0.2, 0.25) is 0 Å². The summed E-state index contributed by atoms with van der Waals surface area (Å²) in [5, 5.41) is 3.25. The molecule has 0 spiro atoms. The molecule has 92 valence electrons. The van der Waals surface area contributed by atoms with Gasteiger partial charge in [-0.15, -0.1) is 0 Å². The lowest BCUT2D eigenvalue weighted by molar-refractivity contribution is 0.0953. The van der Waals surface area contributed by atoms with Gasteiger partial charge in [0.25, 0.3) is 0 Å². The number of ketones is 1. The Morgan fingerprint density at radius 1 is 1.41 bits per heavy atom. The van der Waals surface area contributed by atoms with Gasteiger partial charge in [-0.2, -0.15) is 0 Å². The van der Waals surface area contributed by atoms with Crippen molar-refractivity contribution in [1.29, 1.82) is 0 Å². The molecular formula is C13H17FN2O. The fraction of sp³-hybridized carbons (Fsp3) is 0.462. The number of nitrogen functional groups attached to an aromatic ring is 1. The molecule has 1 heterocycles. The molecule has 1 fully saturated rings. The van der Waals surface area contributed by atoms with Crippen molar-refractivity contribution in [2.75, 3.05) is 18.8 Å². The van der Waals surface area contributed by atoms with Gasteiger partial charge in [-0.1, -0.05) is 6.07 Å². The Morgan fingerprint density at radius 3 is 2.82 bits per heavy atom. The molecule has 1 aromatic rings. The van der Waals surface area contributed by atoms with Crippen molar-refractivity contribution in [2.45, 2.75) is 19.3 Å². The fourth-order valence-electron chi connectivity index (χ4n) is 2.24. The minimum atomic E-state index is -0.513. The Balaban J connectivity index is 2.06. The van der Waals surface area contributed by atoms with Gasteiger partial charge in [-0.05, 0) is 44.0 Å². The molecule has 1 saturated heterocycles. The number of carbonyl (C=O) groups is 1. The predicted molar refractivity (Wildman–Crippen MR) is 65.4 cm³/mol. The van der Waals surface area contributed by atoms with Crippen LogP contribution in [0, 0.1) is 11.7 Å². The summed E-state index contributed by atoms with van der Waals surface area (Å²) in [5.74, 6) is -0.165. The number of nitrogens with one attached hydrogen (secondary N) is 1. The van der Waals surface area contributed by atoms with E-state index in [-0.39, 0.29) is 11.5 Å². The van der Waals surface area contributed by atoms with Crippen LogP contribution in [0.4, 0.5) is 10.1 Å². The second-order valence-electron chi connectivity index (χ2n) is 4.52. The van der Waals surface area contributed by atoms with Gasteiger partial charge in [-0.25, -0.2) is 4.39 Å². The Kier molecular flexibility index (Phi) is 3.74. The van der Waals surface area contributed by atoms with E-state index in [9.17, 15) is 9.18 Å². The second kappa shape index (κ2) is 5.27. The van der Waals surface area contributed by atoms with Crippen LogP contribution in [0.25, 0.3) is 0 Å². The summed E-state index contributed by atoms with van der Waals surface area (Å²) in [7, 11) is 0. The Morgan fingerprint density at radius 2 is 2.12 bits per heavy atom. The monoisotopic (exact) mass is 236 g/mol. The highest BCUT2D eigenvalue weighted by molar-refractivity contribution is 6.00. The van der Waals surface area contributed by atoms with Crippen LogP contribution < -0.4 is 11.1 Å². The first kappa shape index (κ1) is 12.0. The van der Waals surface area contributed by atoms with E-state index in [1.54, 1.807) is 6.07 Å². The maximum absolute atomic E-state index is 13.2. The van der Waals surface area contributed by atoms with Crippen LogP contribution in [0.1, 0.15) is 29.6 Å².